The highest BCUT2D eigenvalue weighted by atomic mass is 16.1. The summed E-state index contributed by atoms with van der Waals surface area (Å²) < 4.78 is 3.20. The summed E-state index contributed by atoms with van der Waals surface area (Å²) in [6.07, 6.45) is 3.59. The normalized spacial score (nSPS) is 17.8. The molecule has 0 amide bonds. The Kier molecular flexibility index (Phi) is 4.65. The first kappa shape index (κ1) is 15.6. The number of nitrogens with zero attached hydrogens (tertiary/aromatic N) is 7. The zero-order valence-corrected chi connectivity index (χ0v) is 13.3. The van der Waals surface area contributed by atoms with E-state index in [0.29, 0.717) is 25.6 Å². The van der Waals surface area contributed by atoms with E-state index in [9.17, 15) is 4.79 Å². The monoisotopic (exact) mass is 318 g/mol. The first-order valence-corrected chi connectivity index (χ1v) is 7.92. The summed E-state index contributed by atoms with van der Waals surface area (Å²) in [6, 6.07) is 1.66. The van der Waals surface area contributed by atoms with Gasteiger partial charge in [-0.1, -0.05) is 0 Å². The van der Waals surface area contributed by atoms with Crippen LogP contribution in [0.3, 0.4) is 0 Å². The number of rotatable bonds is 6. The molecule has 0 aromatic carbocycles. The highest BCUT2D eigenvalue weighted by Crippen LogP contribution is 2.21. The van der Waals surface area contributed by atoms with E-state index < -0.39 is 0 Å². The summed E-state index contributed by atoms with van der Waals surface area (Å²) in [6.45, 7) is 5.59. The molecule has 23 heavy (non-hydrogen) atoms. The summed E-state index contributed by atoms with van der Waals surface area (Å²) in [4.78, 5) is 14.4. The number of hydrogen-bond donors (Lipinski definition) is 1. The standard InChI is InChI=1S/C14H22N8O/c1-11-17-18-19-21(11)4-2-5-22-14(23)7-13(9-16-22)20-6-3-12(8-15)10-20/h7,9,12H,2-6,8,10,15H2,1H3/t12-/m1/s1. The highest BCUT2D eigenvalue weighted by molar-refractivity contribution is 5.44. The van der Waals surface area contributed by atoms with Crippen molar-refractivity contribution >= 4 is 5.69 Å². The zero-order valence-electron chi connectivity index (χ0n) is 13.3. The fourth-order valence-corrected chi connectivity index (χ4v) is 2.85. The SMILES string of the molecule is Cc1nnnn1CCCn1ncc(N2CC[C@H](CN)C2)cc1=O. The Morgan fingerprint density at radius 2 is 2.17 bits per heavy atom. The molecule has 1 atom stereocenters. The Bertz CT molecular complexity index is 709. The van der Waals surface area contributed by atoms with Crippen LogP contribution in [0.4, 0.5) is 5.69 Å². The van der Waals surface area contributed by atoms with Crippen molar-refractivity contribution in [2.24, 2.45) is 11.7 Å². The van der Waals surface area contributed by atoms with Crippen LogP contribution in [0.25, 0.3) is 0 Å². The molecular weight excluding hydrogens is 296 g/mol. The number of aryl methyl sites for hydroxylation is 3. The fourth-order valence-electron chi connectivity index (χ4n) is 2.85. The first-order chi connectivity index (χ1) is 11.2. The average molecular weight is 318 g/mol. The van der Waals surface area contributed by atoms with Crippen LogP contribution in [0.15, 0.2) is 17.1 Å². The van der Waals surface area contributed by atoms with Gasteiger partial charge >= 0.3 is 0 Å². The molecule has 0 spiro atoms. The van der Waals surface area contributed by atoms with Gasteiger partial charge in [-0.25, -0.2) is 9.36 Å². The predicted molar refractivity (Wildman–Crippen MR) is 85.0 cm³/mol. The van der Waals surface area contributed by atoms with E-state index in [1.54, 1.807) is 16.9 Å². The number of tetrazole rings is 1. The van der Waals surface area contributed by atoms with E-state index in [2.05, 4.69) is 25.5 Å². The predicted octanol–water partition coefficient (Wildman–Crippen LogP) is -0.586. The minimum atomic E-state index is -0.0767. The van der Waals surface area contributed by atoms with Crippen LogP contribution < -0.4 is 16.2 Å². The maximum Gasteiger partial charge on any atom is 0.268 e. The molecule has 9 heteroatoms. The highest BCUT2D eigenvalue weighted by Gasteiger charge is 2.22. The van der Waals surface area contributed by atoms with E-state index in [4.69, 9.17) is 5.73 Å². The van der Waals surface area contributed by atoms with Gasteiger partial charge in [0.2, 0.25) is 0 Å². The van der Waals surface area contributed by atoms with Gasteiger partial charge in [-0.2, -0.15) is 5.10 Å². The van der Waals surface area contributed by atoms with Gasteiger partial charge in [-0.3, -0.25) is 4.79 Å². The molecule has 0 saturated carbocycles. The quantitative estimate of drug-likeness (QED) is 0.758. The van der Waals surface area contributed by atoms with Gasteiger partial charge in [0, 0.05) is 32.2 Å². The fraction of sp³-hybridized carbons (Fsp3) is 0.643. The Morgan fingerprint density at radius 3 is 2.83 bits per heavy atom. The lowest BCUT2D eigenvalue weighted by Crippen LogP contribution is -2.28. The molecule has 3 heterocycles. The largest absolute Gasteiger partial charge is 0.370 e. The van der Waals surface area contributed by atoms with E-state index in [0.717, 1.165) is 37.4 Å². The van der Waals surface area contributed by atoms with E-state index in [-0.39, 0.29) is 5.56 Å². The van der Waals surface area contributed by atoms with Gasteiger partial charge in [0.15, 0.2) is 0 Å². The third-order valence-corrected chi connectivity index (χ3v) is 4.29. The molecule has 124 valence electrons. The number of nitrogens with two attached hydrogens (primary N) is 1. The van der Waals surface area contributed by atoms with Gasteiger partial charge in [0.05, 0.1) is 11.9 Å². The van der Waals surface area contributed by atoms with Gasteiger partial charge in [0.1, 0.15) is 5.82 Å². The van der Waals surface area contributed by atoms with Gasteiger partial charge < -0.3 is 10.6 Å². The molecule has 0 radical (unpaired) electrons. The molecule has 2 aromatic rings. The first-order valence-electron chi connectivity index (χ1n) is 7.92. The smallest absolute Gasteiger partial charge is 0.268 e. The topological polar surface area (TPSA) is 108 Å². The van der Waals surface area contributed by atoms with Crippen molar-refractivity contribution in [3.63, 3.8) is 0 Å². The minimum Gasteiger partial charge on any atom is -0.370 e. The van der Waals surface area contributed by atoms with Crippen LogP contribution in [-0.4, -0.2) is 49.6 Å². The van der Waals surface area contributed by atoms with Crippen molar-refractivity contribution in [2.45, 2.75) is 32.9 Å². The summed E-state index contributed by atoms with van der Waals surface area (Å²) in [5.74, 6) is 1.28. The molecule has 2 N–H and O–H groups in total. The maximum atomic E-state index is 12.2. The Hall–Kier alpha value is -2.29. The van der Waals surface area contributed by atoms with Crippen LogP contribution >= 0.6 is 0 Å². The van der Waals surface area contributed by atoms with Crippen LogP contribution in [0.2, 0.25) is 0 Å². The molecule has 0 aliphatic carbocycles. The van der Waals surface area contributed by atoms with E-state index in [1.807, 2.05) is 6.92 Å². The Balaban J connectivity index is 1.59. The molecule has 0 bridgehead atoms. The third kappa shape index (κ3) is 3.55. The van der Waals surface area contributed by atoms with Crippen molar-refractivity contribution in [2.75, 3.05) is 24.5 Å². The maximum absolute atomic E-state index is 12.2. The molecule has 1 saturated heterocycles. The summed E-state index contributed by atoms with van der Waals surface area (Å²) in [5.41, 5.74) is 6.52. The second-order valence-electron chi connectivity index (χ2n) is 5.91. The lowest BCUT2D eigenvalue weighted by Gasteiger charge is -2.18. The van der Waals surface area contributed by atoms with E-state index >= 15 is 0 Å². The number of aromatic nitrogens is 6. The van der Waals surface area contributed by atoms with Crippen molar-refractivity contribution < 1.29 is 0 Å². The van der Waals surface area contributed by atoms with E-state index in [1.165, 1.54) is 4.68 Å². The second kappa shape index (κ2) is 6.86. The van der Waals surface area contributed by atoms with Crippen LogP contribution in [0.5, 0.6) is 0 Å². The van der Waals surface area contributed by atoms with Crippen molar-refractivity contribution in [1.29, 1.82) is 0 Å². The summed E-state index contributed by atoms with van der Waals surface area (Å²) in [5, 5.41) is 15.6. The Labute approximate surface area is 134 Å². The molecule has 1 fully saturated rings. The molecule has 1 aliphatic rings. The third-order valence-electron chi connectivity index (χ3n) is 4.29. The zero-order chi connectivity index (χ0) is 16.2. The molecule has 1 aliphatic heterocycles. The second-order valence-corrected chi connectivity index (χ2v) is 5.91. The van der Waals surface area contributed by atoms with Gasteiger partial charge in [-0.15, -0.1) is 5.10 Å². The van der Waals surface area contributed by atoms with Gasteiger partial charge in [-0.05, 0) is 42.7 Å². The lowest BCUT2D eigenvalue weighted by atomic mass is 10.1. The minimum absolute atomic E-state index is 0.0767. The molecule has 3 rings (SSSR count). The summed E-state index contributed by atoms with van der Waals surface area (Å²) >= 11 is 0. The van der Waals surface area contributed by atoms with Crippen molar-refractivity contribution in [3.8, 4) is 0 Å². The molecule has 0 unspecified atom stereocenters. The molecule has 9 nitrogen and oxygen atoms in total. The van der Waals surface area contributed by atoms with Gasteiger partial charge in [0.25, 0.3) is 5.56 Å². The van der Waals surface area contributed by atoms with Crippen LogP contribution in [0.1, 0.15) is 18.7 Å². The molecular formula is C14H22N8O. The van der Waals surface area contributed by atoms with Crippen molar-refractivity contribution in [3.05, 3.63) is 28.4 Å². The number of anilines is 1. The molecule has 2 aromatic heterocycles. The summed E-state index contributed by atoms with van der Waals surface area (Å²) in [7, 11) is 0. The average Bonchev–Trinajstić information content (AvgIpc) is 3.18. The number of hydrogen-bond acceptors (Lipinski definition) is 7. The lowest BCUT2D eigenvalue weighted by molar-refractivity contribution is 0.473. The van der Waals surface area contributed by atoms with Crippen molar-refractivity contribution in [1.82, 2.24) is 30.0 Å². The van der Waals surface area contributed by atoms with Crippen LogP contribution in [0, 0.1) is 12.8 Å². The van der Waals surface area contributed by atoms with Crippen LogP contribution in [-0.2, 0) is 13.1 Å². The Morgan fingerprint density at radius 1 is 1.35 bits per heavy atom.